The number of hydrogen-bond acceptors (Lipinski definition) is 7. The molecule has 0 aromatic heterocycles. The van der Waals surface area contributed by atoms with Crippen LogP contribution in [0.2, 0.25) is 0 Å². The fraction of sp³-hybridized carbons (Fsp3) is 0.200. The lowest BCUT2D eigenvalue weighted by atomic mass is 10.2. The zero-order valence-electron chi connectivity index (χ0n) is 15.6. The van der Waals surface area contributed by atoms with E-state index in [-0.39, 0.29) is 4.90 Å². The number of carbonyl (C=O) groups is 2. The van der Waals surface area contributed by atoms with Gasteiger partial charge < -0.3 is 19.5 Å². The summed E-state index contributed by atoms with van der Waals surface area (Å²) >= 11 is 0. The molecule has 0 fully saturated rings. The maximum absolute atomic E-state index is 11.9. The van der Waals surface area contributed by atoms with Gasteiger partial charge in [-0.25, -0.2) is 13.2 Å². The summed E-state index contributed by atoms with van der Waals surface area (Å²) < 4.78 is 38.9. The third kappa shape index (κ3) is 5.82. The highest BCUT2D eigenvalue weighted by atomic mass is 32.2. The summed E-state index contributed by atoms with van der Waals surface area (Å²) in [6.07, 6.45) is 3.81. The van der Waals surface area contributed by atoms with E-state index in [0.29, 0.717) is 36.0 Å². The van der Waals surface area contributed by atoms with Crippen LogP contribution in [-0.4, -0.2) is 46.4 Å². The molecule has 152 valence electrons. The van der Waals surface area contributed by atoms with Crippen molar-refractivity contribution in [3.63, 3.8) is 0 Å². The summed E-state index contributed by atoms with van der Waals surface area (Å²) in [6, 6.07) is 11.0. The molecule has 0 bridgehead atoms. The molecule has 0 unspecified atom stereocenters. The molecule has 1 N–H and O–H groups in total. The first kappa shape index (κ1) is 20.4. The van der Waals surface area contributed by atoms with Crippen molar-refractivity contribution in [3.8, 4) is 11.5 Å². The van der Waals surface area contributed by atoms with Crippen LogP contribution in [0, 0.1) is 0 Å². The van der Waals surface area contributed by atoms with Crippen LogP contribution in [-0.2, 0) is 24.2 Å². The van der Waals surface area contributed by atoms with Crippen LogP contribution < -0.4 is 14.8 Å². The van der Waals surface area contributed by atoms with E-state index in [1.165, 1.54) is 36.4 Å². The van der Waals surface area contributed by atoms with Gasteiger partial charge in [0.2, 0.25) is 0 Å². The van der Waals surface area contributed by atoms with Gasteiger partial charge in [0.05, 0.1) is 4.90 Å². The normalized spacial score (nSPS) is 13.1. The van der Waals surface area contributed by atoms with Crippen molar-refractivity contribution in [1.29, 1.82) is 0 Å². The Labute approximate surface area is 168 Å². The van der Waals surface area contributed by atoms with Crippen LogP contribution in [0.4, 0.5) is 5.69 Å². The lowest BCUT2D eigenvalue weighted by molar-refractivity contribution is -0.142. The zero-order chi connectivity index (χ0) is 20.9. The van der Waals surface area contributed by atoms with E-state index >= 15 is 0 Å². The Morgan fingerprint density at radius 3 is 2.62 bits per heavy atom. The predicted molar refractivity (Wildman–Crippen MR) is 106 cm³/mol. The molecule has 29 heavy (non-hydrogen) atoms. The fourth-order valence-corrected chi connectivity index (χ4v) is 3.18. The average molecular weight is 417 g/mol. The van der Waals surface area contributed by atoms with Crippen molar-refractivity contribution in [2.45, 2.75) is 4.90 Å². The van der Waals surface area contributed by atoms with Crippen LogP contribution in [0.15, 0.2) is 53.4 Å². The van der Waals surface area contributed by atoms with Gasteiger partial charge in [0.1, 0.15) is 13.2 Å². The molecule has 1 aliphatic rings. The number of hydrogen-bond donors (Lipinski definition) is 1. The molecular weight excluding hydrogens is 398 g/mol. The molecule has 0 saturated heterocycles. The van der Waals surface area contributed by atoms with Gasteiger partial charge >= 0.3 is 5.97 Å². The molecule has 8 nitrogen and oxygen atoms in total. The first-order chi connectivity index (χ1) is 13.8. The van der Waals surface area contributed by atoms with Gasteiger partial charge in [0.25, 0.3) is 5.91 Å². The monoisotopic (exact) mass is 417 g/mol. The number of ether oxygens (including phenoxy) is 3. The Bertz CT molecular complexity index is 1060. The molecule has 0 radical (unpaired) electrons. The molecule has 2 aromatic carbocycles. The third-order valence-electron chi connectivity index (χ3n) is 3.87. The predicted octanol–water partition coefficient (Wildman–Crippen LogP) is 2.06. The van der Waals surface area contributed by atoms with E-state index in [9.17, 15) is 18.0 Å². The van der Waals surface area contributed by atoms with Gasteiger partial charge in [-0.3, -0.25) is 4.79 Å². The number of sulfone groups is 1. The first-order valence-corrected chi connectivity index (χ1v) is 10.5. The topological polar surface area (TPSA) is 108 Å². The van der Waals surface area contributed by atoms with Gasteiger partial charge in [-0.1, -0.05) is 12.1 Å². The summed E-state index contributed by atoms with van der Waals surface area (Å²) in [5, 5.41) is 2.48. The smallest absolute Gasteiger partial charge is 0.331 e. The van der Waals surface area contributed by atoms with E-state index in [4.69, 9.17) is 14.2 Å². The number of esters is 1. The van der Waals surface area contributed by atoms with Crippen LogP contribution in [0.25, 0.3) is 6.08 Å². The van der Waals surface area contributed by atoms with E-state index in [0.717, 1.165) is 6.26 Å². The summed E-state index contributed by atoms with van der Waals surface area (Å²) in [5.74, 6) is -0.0354. The second-order valence-corrected chi connectivity index (χ2v) is 8.21. The van der Waals surface area contributed by atoms with E-state index < -0.39 is 28.3 Å². The minimum absolute atomic E-state index is 0.0784. The van der Waals surface area contributed by atoms with Crippen LogP contribution in [0.1, 0.15) is 5.56 Å². The van der Waals surface area contributed by atoms with Crippen molar-refractivity contribution < 1.29 is 32.2 Å². The fourth-order valence-electron chi connectivity index (χ4n) is 2.51. The molecule has 1 heterocycles. The van der Waals surface area contributed by atoms with Gasteiger partial charge in [-0.2, -0.15) is 0 Å². The molecule has 0 spiro atoms. The Balaban J connectivity index is 1.51. The quantitative estimate of drug-likeness (QED) is 0.566. The van der Waals surface area contributed by atoms with Gasteiger partial charge in [0, 0.05) is 18.0 Å². The van der Waals surface area contributed by atoms with E-state index in [2.05, 4.69) is 5.32 Å². The molecule has 2 aromatic rings. The summed E-state index contributed by atoms with van der Waals surface area (Å²) in [4.78, 5) is 23.8. The van der Waals surface area contributed by atoms with Crippen molar-refractivity contribution in [2.75, 3.05) is 31.4 Å². The molecular formula is C20H19NO7S. The van der Waals surface area contributed by atoms with Gasteiger partial charge in [-0.15, -0.1) is 0 Å². The minimum atomic E-state index is -3.39. The van der Waals surface area contributed by atoms with Crippen molar-refractivity contribution in [1.82, 2.24) is 0 Å². The number of carbonyl (C=O) groups excluding carboxylic acids is 2. The molecule has 0 atom stereocenters. The Morgan fingerprint density at radius 1 is 1.10 bits per heavy atom. The van der Waals surface area contributed by atoms with Gasteiger partial charge in [0.15, 0.2) is 27.9 Å². The summed E-state index contributed by atoms with van der Waals surface area (Å²) in [7, 11) is -3.39. The van der Waals surface area contributed by atoms with Crippen LogP contribution >= 0.6 is 0 Å². The number of nitrogens with one attached hydrogen (secondary N) is 1. The molecule has 0 saturated carbocycles. The number of benzene rings is 2. The maximum atomic E-state index is 11.9. The Kier molecular flexibility index (Phi) is 6.18. The summed E-state index contributed by atoms with van der Waals surface area (Å²) in [6.45, 7) is 0.451. The van der Waals surface area contributed by atoms with Crippen molar-refractivity contribution in [2.24, 2.45) is 0 Å². The SMILES string of the molecule is CS(=O)(=O)c1cccc(NC(=O)COC(=O)/C=C/c2ccc3c(c2)OCCO3)c1. The second kappa shape index (κ2) is 8.78. The molecule has 1 aliphatic heterocycles. The number of fused-ring (bicyclic) bond motifs is 1. The van der Waals surface area contributed by atoms with E-state index in [1.54, 1.807) is 18.2 Å². The third-order valence-corrected chi connectivity index (χ3v) is 4.98. The second-order valence-electron chi connectivity index (χ2n) is 6.19. The Hall–Kier alpha value is -3.33. The number of rotatable bonds is 6. The number of amides is 1. The first-order valence-electron chi connectivity index (χ1n) is 8.66. The highest BCUT2D eigenvalue weighted by Gasteiger charge is 2.12. The number of anilines is 1. The van der Waals surface area contributed by atoms with Crippen LogP contribution in [0.3, 0.4) is 0 Å². The molecule has 0 aliphatic carbocycles. The highest BCUT2D eigenvalue weighted by molar-refractivity contribution is 7.90. The van der Waals surface area contributed by atoms with E-state index in [1.807, 2.05) is 0 Å². The lowest BCUT2D eigenvalue weighted by Crippen LogP contribution is -2.20. The Morgan fingerprint density at radius 2 is 1.86 bits per heavy atom. The maximum Gasteiger partial charge on any atom is 0.331 e. The van der Waals surface area contributed by atoms with Crippen LogP contribution in [0.5, 0.6) is 11.5 Å². The molecule has 9 heteroatoms. The molecule has 3 rings (SSSR count). The van der Waals surface area contributed by atoms with Crippen molar-refractivity contribution in [3.05, 3.63) is 54.1 Å². The lowest BCUT2D eigenvalue weighted by Gasteiger charge is -2.18. The largest absolute Gasteiger partial charge is 0.486 e. The standard InChI is InChI=1S/C20H19NO7S/c1-29(24,25)16-4-2-3-15(12-16)21-19(22)13-28-20(23)8-6-14-5-7-17-18(11-14)27-10-9-26-17/h2-8,11-12H,9-10,13H2,1H3,(H,21,22)/b8-6+. The van der Waals surface area contributed by atoms with Crippen molar-refractivity contribution >= 4 is 33.5 Å². The van der Waals surface area contributed by atoms with Gasteiger partial charge in [-0.05, 0) is 42.0 Å². The minimum Gasteiger partial charge on any atom is -0.486 e. The zero-order valence-corrected chi connectivity index (χ0v) is 16.4. The summed E-state index contributed by atoms with van der Waals surface area (Å²) in [5.41, 5.74) is 1.01. The average Bonchev–Trinajstić information content (AvgIpc) is 2.70. The highest BCUT2D eigenvalue weighted by Crippen LogP contribution is 2.31. The molecule has 1 amide bonds.